The average molecular weight is 446 g/mol. The van der Waals surface area contributed by atoms with Crippen LogP contribution in [0.25, 0.3) is 27.6 Å². The number of primary amides is 1. The van der Waals surface area contributed by atoms with Crippen molar-refractivity contribution in [2.24, 2.45) is 5.73 Å². The SMILES string of the molecule is COC(=O)C(C(=O)C(N)=O)c1csc(-n2nc(-c3ccccc3)cc2-c2ccccc2)n1. The summed E-state index contributed by atoms with van der Waals surface area (Å²) in [4.78, 5) is 40.3. The topological polar surface area (TPSA) is 117 Å². The van der Waals surface area contributed by atoms with Gasteiger partial charge in [-0.1, -0.05) is 60.7 Å². The monoisotopic (exact) mass is 446 g/mol. The van der Waals surface area contributed by atoms with Gasteiger partial charge in [-0.2, -0.15) is 5.10 Å². The van der Waals surface area contributed by atoms with Gasteiger partial charge < -0.3 is 10.5 Å². The van der Waals surface area contributed by atoms with Crippen LogP contribution in [-0.4, -0.2) is 39.5 Å². The number of amides is 1. The van der Waals surface area contributed by atoms with E-state index in [9.17, 15) is 14.4 Å². The normalized spacial score (nSPS) is 11.7. The fraction of sp³-hybridized carbons (Fsp3) is 0.0870. The van der Waals surface area contributed by atoms with Gasteiger partial charge in [0.05, 0.1) is 24.2 Å². The summed E-state index contributed by atoms with van der Waals surface area (Å²) in [6.45, 7) is 0. The van der Waals surface area contributed by atoms with Crippen molar-refractivity contribution in [3.8, 4) is 27.6 Å². The smallest absolute Gasteiger partial charge is 0.323 e. The number of nitrogens with two attached hydrogens (primary N) is 1. The van der Waals surface area contributed by atoms with Crippen LogP contribution >= 0.6 is 11.3 Å². The maximum atomic E-state index is 12.2. The number of esters is 1. The molecule has 2 heterocycles. The molecule has 2 N–H and O–H groups in total. The van der Waals surface area contributed by atoms with Crippen molar-refractivity contribution in [2.75, 3.05) is 7.11 Å². The molecule has 9 heteroatoms. The van der Waals surface area contributed by atoms with Gasteiger partial charge >= 0.3 is 5.97 Å². The van der Waals surface area contributed by atoms with Crippen molar-refractivity contribution in [3.63, 3.8) is 0 Å². The van der Waals surface area contributed by atoms with Crippen molar-refractivity contribution in [3.05, 3.63) is 77.8 Å². The standard InChI is InChI=1S/C23H18N4O4S/c1-31-22(30)19(20(28)21(24)29)17-13-32-23(25-17)27-18(15-10-6-3-7-11-15)12-16(26-27)14-8-4-2-5-9-14/h2-13,19H,1H3,(H2,24,29). The van der Waals surface area contributed by atoms with E-state index >= 15 is 0 Å². The molecular formula is C23H18N4O4S. The van der Waals surface area contributed by atoms with Gasteiger partial charge in [-0.05, 0) is 6.07 Å². The zero-order valence-electron chi connectivity index (χ0n) is 17.0. The van der Waals surface area contributed by atoms with Crippen LogP contribution in [0, 0.1) is 0 Å². The third-order valence-corrected chi connectivity index (χ3v) is 5.61. The maximum Gasteiger partial charge on any atom is 0.323 e. The summed E-state index contributed by atoms with van der Waals surface area (Å²) in [5, 5.41) is 6.66. The molecule has 2 aromatic carbocycles. The zero-order valence-corrected chi connectivity index (χ0v) is 17.8. The summed E-state index contributed by atoms with van der Waals surface area (Å²) in [5.74, 6) is -4.74. The van der Waals surface area contributed by atoms with Gasteiger partial charge in [0, 0.05) is 16.5 Å². The van der Waals surface area contributed by atoms with E-state index in [-0.39, 0.29) is 5.69 Å². The first kappa shape index (κ1) is 21.1. The van der Waals surface area contributed by atoms with Crippen LogP contribution in [0.4, 0.5) is 0 Å². The number of thiazole rings is 1. The zero-order chi connectivity index (χ0) is 22.7. The van der Waals surface area contributed by atoms with Crippen molar-refractivity contribution in [2.45, 2.75) is 5.92 Å². The lowest BCUT2D eigenvalue weighted by Crippen LogP contribution is -2.34. The lowest BCUT2D eigenvalue weighted by molar-refractivity contribution is -0.149. The molecule has 1 amide bonds. The first-order valence-electron chi connectivity index (χ1n) is 9.57. The number of methoxy groups -OCH3 is 1. The van der Waals surface area contributed by atoms with E-state index in [1.807, 2.05) is 66.7 Å². The minimum atomic E-state index is -1.52. The number of rotatable bonds is 7. The highest BCUT2D eigenvalue weighted by Crippen LogP contribution is 2.31. The number of ketones is 1. The number of hydrogen-bond acceptors (Lipinski definition) is 7. The second kappa shape index (κ2) is 8.94. The lowest BCUT2D eigenvalue weighted by atomic mass is 10.0. The van der Waals surface area contributed by atoms with E-state index in [0.29, 0.717) is 5.13 Å². The summed E-state index contributed by atoms with van der Waals surface area (Å²) in [7, 11) is 1.13. The van der Waals surface area contributed by atoms with Crippen LogP contribution < -0.4 is 5.73 Å². The molecule has 1 unspecified atom stereocenters. The highest BCUT2D eigenvalue weighted by molar-refractivity contribution is 7.12. The summed E-state index contributed by atoms with van der Waals surface area (Å²) in [6, 6.07) is 21.3. The Hall–Kier alpha value is -4.11. The van der Waals surface area contributed by atoms with Crippen molar-refractivity contribution < 1.29 is 19.1 Å². The fourth-order valence-corrected chi connectivity index (χ4v) is 4.03. The van der Waals surface area contributed by atoms with E-state index in [1.54, 1.807) is 4.68 Å². The fourth-order valence-electron chi connectivity index (χ4n) is 3.22. The molecule has 32 heavy (non-hydrogen) atoms. The van der Waals surface area contributed by atoms with Crippen LogP contribution in [0.3, 0.4) is 0 Å². The van der Waals surface area contributed by atoms with Gasteiger partial charge in [-0.3, -0.25) is 14.4 Å². The molecule has 4 aromatic rings. The van der Waals surface area contributed by atoms with Crippen molar-refractivity contribution in [1.29, 1.82) is 0 Å². The minimum absolute atomic E-state index is 0.0800. The summed E-state index contributed by atoms with van der Waals surface area (Å²) >= 11 is 1.18. The summed E-state index contributed by atoms with van der Waals surface area (Å²) in [5.41, 5.74) is 8.55. The van der Waals surface area contributed by atoms with Crippen molar-refractivity contribution in [1.82, 2.24) is 14.8 Å². The molecule has 0 saturated heterocycles. The first-order valence-corrected chi connectivity index (χ1v) is 10.5. The van der Waals surface area contributed by atoms with E-state index in [2.05, 4.69) is 9.72 Å². The number of ether oxygens (including phenoxy) is 1. The van der Waals surface area contributed by atoms with E-state index in [1.165, 1.54) is 16.7 Å². The van der Waals surface area contributed by atoms with Crippen molar-refractivity contribution >= 4 is 29.0 Å². The molecule has 2 aromatic heterocycles. The van der Waals surface area contributed by atoms with Crippen LogP contribution in [-0.2, 0) is 19.1 Å². The number of hydrogen-bond donors (Lipinski definition) is 1. The molecule has 0 saturated carbocycles. The Morgan fingerprint density at radius 3 is 2.22 bits per heavy atom. The van der Waals surface area contributed by atoms with Crippen LogP contribution in [0.15, 0.2) is 72.1 Å². The molecule has 0 bridgehead atoms. The molecule has 1 atom stereocenters. The molecule has 0 aliphatic rings. The highest BCUT2D eigenvalue weighted by Gasteiger charge is 2.35. The van der Waals surface area contributed by atoms with Gasteiger partial charge in [0.2, 0.25) is 10.9 Å². The third kappa shape index (κ3) is 4.06. The van der Waals surface area contributed by atoms with Gasteiger partial charge in [-0.15, -0.1) is 11.3 Å². The Balaban J connectivity index is 1.82. The molecule has 0 aliphatic carbocycles. The van der Waals surface area contributed by atoms with Gasteiger partial charge in [0.15, 0.2) is 5.92 Å². The Kier molecular flexibility index (Phi) is 5.91. The number of benzene rings is 2. The second-order valence-electron chi connectivity index (χ2n) is 6.80. The average Bonchev–Trinajstić information content (AvgIpc) is 3.48. The summed E-state index contributed by atoms with van der Waals surface area (Å²) < 4.78 is 6.33. The molecule has 160 valence electrons. The van der Waals surface area contributed by atoms with Crippen LogP contribution in [0.2, 0.25) is 0 Å². The second-order valence-corrected chi connectivity index (χ2v) is 7.63. The molecule has 0 radical (unpaired) electrons. The van der Waals surface area contributed by atoms with E-state index in [0.717, 1.165) is 29.6 Å². The van der Waals surface area contributed by atoms with Crippen LogP contribution in [0.5, 0.6) is 0 Å². The van der Waals surface area contributed by atoms with Crippen LogP contribution in [0.1, 0.15) is 11.6 Å². The largest absolute Gasteiger partial charge is 0.468 e. The molecule has 0 fully saturated rings. The number of Topliss-reactive ketones (excluding diaryl/α,β-unsaturated/α-hetero) is 1. The van der Waals surface area contributed by atoms with E-state index in [4.69, 9.17) is 10.8 Å². The molecular weight excluding hydrogens is 428 g/mol. The number of carbonyl (C=O) groups excluding carboxylic acids is 3. The highest BCUT2D eigenvalue weighted by atomic mass is 32.1. The third-order valence-electron chi connectivity index (χ3n) is 4.78. The molecule has 0 aliphatic heterocycles. The molecule has 4 rings (SSSR count). The lowest BCUT2D eigenvalue weighted by Gasteiger charge is -2.09. The van der Waals surface area contributed by atoms with Gasteiger partial charge in [0.25, 0.3) is 5.91 Å². The summed E-state index contributed by atoms with van der Waals surface area (Å²) in [6.07, 6.45) is 0. The number of carbonyl (C=O) groups is 3. The first-order chi connectivity index (χ1) is 15.5. The number of nitrogens with zero attached hydrogens (tertiary/aromatic N) is 3. The van der Waals surface area contributed by atoms with E-state index < -0.39 is 23.6 Å². The van der Waals surface area contributed by atoms with Gasteiger partial charge in [0.1, 0.15) is 0 Å². The predicted octanol–water partition coefficient (Wildman–Crippen LogP) is 2.97. The number of aromatic nitrogens is 3. The Bertz CT molecular complexity index is 1280. The predicted molar refractivity (Wildman–Crippen MR) is 119 cm³/mol. The Morgan fingerprint density at radius 2 is 1.62 bits per heavy atom. The van der Waals surface area contributed by atoms with Gasteiger partial charge in [-0.25, -0.2) is 9.67 Å². The Labute approximate surface area is 187 Å². The Morgan fingerprint density at radius 1 is 1.00 bits per heavy atom. The quantitative estimate of drug-likeness (QED) is 0.265. The minimum Gasteiger partial charge on any atom is -0.468 e. The molecule has 0 spiro atoms. The molecule has 8 nitrogen and oxygen atoms in total. The maximum absolute atomic E-state index is 12.2.